The Morgan fingerprint density at radius 1 is 1.60 bits per heavy atom. The molecule has 1 amide bonds. The van der Waals surface area contributed by atoms with Crippen LogP contribution in [0.1, 0.15) is 46.0 Å². The van der Waals surface area contributed by atoms with Crippen molar-refractivity contribution in [2.24, 2.45) is 11.1 Å². The van der Waals surface area contributed by atoms with Gasteiger partial charge in [0.1, 0.15) is 0 Å². The molecule has 0 aromatic heterocycles. The summed E-state index contributed by atoms with van der Waals surface area (Å²) in [5.41, 5.74) is 5.95. The van der Waals surface area contributed by atoms with Crippen LogP contribution in [0.5, 0.6) is 0 Å². The lowest BCUT2D eigenvalue weighted by Gasteiger charge is -2.42. The standard InChI is InChI=1S/C11H22N2O2/c1-3-9(13-10(14)15)11(2)6-4-8(12)5-7-11/h8-9,13H,3-7,12H2,1-2H3,(H,14,15). The summed E-state index contributed by atoms with van der Waals surface area (Å²) < 4.78 is 0. The Balaban J connectivity index is 2.61. The molecular weight excluding hydrogens is 192 g/mol. The Labute approximate surface area is 91.2 Å². The maximum absolute atomic E-state index is 10.7. The van der Waals surface area contributed by atoms with Crippen molar-refractivity contribution in [3.8, 4) is 0 Å². The summed E-state index contributed by atoms with van der Waals surface area (Å²) in [5, 5.41) is 11.4. The number of nitrogens with one attached hydrogen (secondary N) is 1. The van der Waals surface area contributed by atoms with Crippen LogP contribution in [0.15, 0.2) is 0 Å². The second kappa shape index (κ2) is 4.84. The van der Waals surface area contributed by atoms with E-state index in [2.05, 4.69) is 12.2 Å². The summed E-state index contributed by atoms with van der Waals surface area (Å²) in [6.07, 6.45) is 3.98. The van der Waals surface area contributed by atoms with Crippen LogP contribution in [0.25, 0.3) is 0 Å². The lowest BCUT2D eigenvalue weighted by Crippen LogP contribution is -2.48. The van der Waals surface area contributed by atoms with Crippen LogP contribution < -0.4 is 11.1 Å². The van der Waals surface area contributed by atoms with E-state index in [0.717, 1.165) is 32.1 Å². The topological polar surface area (TPSA) is 75.3 Å². The zero-order valence-electron chi connectivity index (χ0n) is 9.62. The first-order valence-electron chi connectivity index (χ1n) is 5.73. The first kappa shape index (κ1) is 12.3. The highest BCUT2D eigenvalue weighted by molar-refractivity contribution is 5.65. The zero-order chi connectivity index (χ0) is 11.5. The molecule has 0 radical (unpaired) electrons. The molecule has 0 aliphatic heterocycles. The second-order valence-corrected chi connectivity index (χ2v) is 4.90. The average Bonchev–Trinajstić information content (AvgIpc) is 2.19. The van der Waals surface area contributed by atoms with E-state index in [9.17, 15) is 4.79 Å². The molecule has 0 aromatic carbocycles. The molecular formula is C11H22N2O2. The van der Waals surface area contributed by atoms with Gasteiger partial charge in [-0.15, -0.1) is 0 Å². The van der Waals surface area contributed by atoms with Crippen LogP contribution in [-0.2, 0) is 0 Å². The highest BCUT2D eigenvalue weighted by Gasteiger charge is 2.37. The Morgan fingerprint density at radius 2 is 2.13 bits per heavy atom. The van der Waals surface area contributed by atoms with Gasteiger partial charge in [-0.2, -0.15) is 0 Å². The van der Waals surface area contributed by atoms with Gasteiger partial charge in [-0.3, -0.25) is 0 Å². The predicted octanol–water partition coefficient (Wildman–Crippen LogP) is 1.94. The minimum Gasteiger partial charge on any atom is -0.465 e. The van der Waals surface area contributed by atoms with Gasteiger partial charge >= 0.3 is 6.09 Å². The highest BCUT2D eigenvalue weighted by Crippen LogP contribution is 2.39. The second-order valence-electron chi connectivity index (χ2n) is 4.90. The van der Waals surface area contributed by atoms with Crippen molar-refractivity contribution in [1.82, 2.24) is 5.32 Å². The van der Waals surface area contributed by atoms with Gasteiger partial charge in [0.05, 0.1) is 0 Å². The first-order valence-corrected chi connectivity index (χ1v) is 5.73. The van der Waals surface area contributed by atoms with Gasteiger partial charge in [0, 0.05) is 12.1 Å². The number of carbonyl (C=O) groups is 1. The fraction of sp³-hybridized carbons (Fsp3) is 0.909. The summed E-state index contributed by atoms with van der Waals surface area (Å²) in [7, 11) is 0. The monoisotopic (exact) mass is 214 g/mol. The molecule has 4 heteroatoms. The molecule has 0 spiro atoms. The fourth-order valence-electron chi connectivity index (χ4n) is 2.57. The number of hydrogen-bond donors (Lipinski definition) is 3. The molecule has 88 valence electrons. The molecule has 1 unspecified atom stereocenters. The molecule has 0 bridgehead atoms. The van der Waals surface area contributed by atoms with Gasteiger partial charge in [0.2, 0.25) is 0 Å². The SMILES string of the molecule is CCC(NC(=O)O)C1(C)CCC(N)CC1. The van der Waals surface area contributed by atoms with E-state index in [-0.39, 0.29) is 11.5 Å². The van der Waals surface area contributed by atoms with E-state index >= 15 is 0 Å². The van der Waals surface area contributed by atoms with E-state index in [1.807, 2.05) is 6.92 Å². The number of amides is 1. The third-order valence-corrected chi connectivity index (χ3v) is 3.72. The molecule has 1 fully saturated rings. The van der Waals surface area contributed by atoms with Crippen molar-refractivity contribution in [3.63, 3.8) is 0 Å². The summed E-state index contributed by atoms with van der Waals surface area (Å²) in [4.78, 5) is 10.7. The first-order chi connectivity index (χ1) is 6.98. The van der Waals surface area contributed by atoms with Crippen LogP contribution >= 0.6 is 0 Å². The summed E-state index contributed by atoms with van der Waals surface area (Å²) >= 11 is 0. The molecule has 1 atom stereocenters. The molecule has 1 saturated carbocycles. The number of hydrogen-bond acceptors (Lipinski definition) is 2. The lowest BCUT2D eigenvalue weighted by molar-refractivity contribution is 0.121. The van der Waals surface area contributed by atoms with Gasteiger partial charge < -0.3 is 16.2 Å². The molecule has 15 heavy (non-hydrogen) atoms. The van der Waals surface area contributed by atoms with Crippen molar-refractivity contribution in [1.29, 1.82) is 0 Å². The largest absolute Gasteiger partial charge is 0.465 e. The fourth-order valence-corrected chi connectivity index (χ4v) is 2.57. The molecule has 4 N–H and O–H groups in total. The van der Waals surface area contributed by atoms with Gasteiger partial charge in [-0.05, 0) is 37.5 Å². The van der Waals surface area contributed by atoms with Gasteiger partial charge in [0.25, 0.3) is 0 Å². The number of carboxylic acid groups (broad SMARTS) is 1. The number of nitrogens with two attached hydrogens (primary N) is 1. The highest BCUT2D eigenvalue weighted by atomic mass is 16.4. The van der Waals surface area contributed by atoms with Gasteiger partial charge in [-0.1, -0.05) is 13.8 Å². The Kier molecular flexibility index (Phi) is 3.97. The van der Waals surface area contributed by atoms with E-state index in [4.69, 9.17) is 10.8 Å². The Bertz CT molecular complexity index is 223. The van der Waals surface area contributed by atoms with E-state index < -0.39 is 6.09 Å². The summed E-state index contributed by atoms with van der Waals surface area (Å²) in [6, 6.07) is 0.364. The predicted molar refractivity (Wildman–Crippen MR) is 59.8 cm³/mol. The molecule has 1 aliphatic carbocycles. The summed E-state index contributed by atoms with van der Waals surface area (Å²) in [5.74, 6) is 0. The Hall–Kier alpha value is -0.770. The molecule has 1 aliphatic rings. The maximum Gasteiger partial charge on any atom is 0.404 e. The summed E-state index contributed by atoms with van der Waals surface area (Å²) in [6.45, 7) is 4.20. The van der Waals surface area contributed by atoms with Gasteiger partial charge in [-0.25, -0.2) is 4.79 Å². The molecule has 0 saturated heterocycles. The van der Waals surface area contributed by atoms with E-state index in [0.29, 0.717) is 6.04 Å². The van der Waals surface area contributed by atoms with Crippen LogP contribution in [0.4, 0.5) is 4.79 Å². The van der Waals surface area contributed by atoms with Crippen LogP contribution in [0, 0.1) is 5.41 Å². The zero-order valence-corrected chi connectivity index (χ0v) is 9.62. The van der Waals surface area contributed by atoms with E-state index in [1.54, 1.807) is 0 Å². The van der Waals surface area contributed by atoms with Crippen LogP contribution in [0.3, 0.4) is 0 Å². The number of rotatable bonds is 3. The van der Waals surface area contributed by atoms with Crippen molar-refractivity contribution in [3.05, 3.63) is 0 Å². The lowest BCUT2D eigenvalue weighted by atomic mass is 9.68. The quantitative estimate of drug-likeness (QED) is 0.672. The van der Waals surface area contributed by atoms with Crippen molar-refractivity contribution < 1.29 is 9.90 Å². The van der Waals surface area contributed by atoms with E-state index in [1.165, 1.54) is 0 Å². The molecule has 1 rings (SSSR count). The maximum atomic E-state index is 10.7. The van der Waals surface area contributed by atoms with Crippen LogP contribution in [0.2, 0.25) is 0 Å². The smallest absolute Gasteiger partial charge is 0.404 e. The van der Waals surface area contributed by atoms with Gasteiger partial charge in [0.15, 0.2) is 0 Å². The molecule has 4 nitrogen and oxygen atoms in total. The minimum absolute atomic E-state index is 0.0579. The van der Waals surface area contributed by atoms with Crippen LogP contribution in [-0.4, -0.2) is 23.3 Å². The average molecular weight is 214 g/mol. The van der Waals surface area contributed by atoms with Crippen molar-refractivity contribution >= 4 is 6.09 Å². The third kappa shape index (κ3) is 3.09. The van der Waals surface area contributed by atoms with Crippen molar-refractivity contribution in [2.75, 3.05) is 0 Å². The Morgan fingerprint density at radius 3 is 2.53 bits per heavy atom. The van der Waals surface area contributed by atoms with Crippen molar-refractivity contribution in [2.45, 2.75) is 58.0 Å². The molecule has 0 aromatic rings. The molecule has 0 heterocycles. The normalized spacial score (nSPS) is 33.4. The third-order valence-electron chi connectivity index (χ3n) is 3.72. The minimum atomic E-state index is -0.919.